The number of piperidine rings is 1. The fourth-order valence-electron chi connectivity index (χ4n) is 3.52. The van der Waals surface area contributed by atoms with Gasteiger partial charge in [-0.15, -0.1) is 0 Å². The van der Waals surface area contributed by atoms with Gasteiger partial charge in [-0.2, -0.15) is 0 Å². The maximum atomic E-state index is 12.7. The first-order valence-electron chi connectivity index (χ1n) is 7.58. The van der Waals surface area contributed by atoms with Crippen molar-refractivity contribution in [3.05, 3.63) is 0 Å². The van der Waals surface area contributed by atoms with E-state index in [1.54, 1.807) is 0 Å². The van der Waals surface area contributed by atoms with E-state index in [2.05, 4.69) is 13.8 Å². The Bertz CT molecular complexity index is 333. The van der Waals surface area contributed by atoms with Crippen LogP contribution in [0.5, 0.6) is 0 Å². The summed E-state index contributed by atoms with van der Waals surface area (Å²) in [5.41, 5.74) is 0. The van der Waals surface area contributed by atoms with Crippen LogP contribution in [0.1, 0.15) is 40.5 Å². The highest BCUT2D eigenvalue weighted by Crippen LogP contribution is 2.34. The second kappa shape index (κ2) is 5.80. The fourth-order valence-corrected chi connectivity index (χ4v) is 3.52. The zero-order chi connectivity index (χ0) is 14.2. The summed E-state index contributed by atoms with van der Waals surface area (Å²) >= 11 is 0. The van der Waals surface area contributed by atoms with Crippen molar-refractivity contribution < 1.29 is 14.6 Å². The van der Waals surface area contributed by atoms with Crippen LogP contribution in [-0.2, 0) is 9.53 Å². The molecule has 2 saturated heterocycles. The Morgan fingerprint density at radius 1 is 1.32 bits per heavy atom. The van der Waals surface area contributed by atoms with Crippen molar-refractivity contribution in [3.63, 3.8) is 0 Å². The molecule has 6 unspecified atom stereocenters. The summed E-state index contributed by atoms with van der Waals surface area (Å²) in [5, 5.41) is 9.92. The third-order valence-corrected chi connectivity index (χ3v) is 5.06. The van der Waals surface area contributed by atoms with E-state index in [1.165, 1.54) is 0 Å². The van der Waals surface area contributed by atoms with Crippen LogP contribution in [0.25, 0.3) is 0 Å². The van der Waals surface area contributed by atoms with Crippen LogP contribution in [0, 0.1) is 17.8 Å². The summed E-state index contributed by atoms with van der Waals surface area (Å²) in [6.07, 6.45) is 1.54. The predicted octanol–water partition coefficient (Wildman–Crippen LogP) is 1.67. The van der Waals surface area contributed by atoms with Gasteiger partial charge < -0.3 is 14.7 Å². The molecule has 0 saturated carbocycles. The van der Waals surface area contributed by atoms with Gasteiger partial charge in [0, 0.05) is 19.0 Å². The number of aliphatic hydroxyl groups excluding tert-OH is 1. The number of carbonyl (C=O) groups is 1. The third kappa shape index (κ3) is 2.79. The van der Waals surface area contributed by atoms with Crippen LogP contribution < -0.4 is 0 Å². The number of amides is 1. The lowest BCUT2D eigenvalue weighted by atomic mass is 9.86. The number of hydrogen-bond donors (Lipinski definition) is 1. The SMILES string of the molecule is CCC1CN(C(=O)C2C(C)OC(C)C2C)CCC1O. The van der Waals surface area contributed by atoms with E-state index in [-0.39, 0.29) is 42.0 Å². The van der Waals surface area contributed by atoms with Gasteiger partial charge in [-0.3, -0.25) is 4.79 Å². The largest absolute Gasteiger partial charge is 0.393 e. The number of nitrogens with zero attached hydrogens (tertiary/aromatic N) is 1. The minimum Gasteiger partial charge on any atom is -0.393 e. The summed E-state index contributed by atoms with van der Waals surface area (Å²) in [7, 11) is 0. The highest BCUT2D eigenvalue weighted by Gasteiger charge is 2.44. The molecule has 110 valence electrons. The van der Waals surface area contributed by atoms with Crippen molar-refractivity contribution in [2.45, 2.75) is 58.8 Å². The molecule has 1 N–H and O–H groups in total. The molecule has 2 heterocycles. The van der Waals surface area contributed by atoms with Gasteiger partial charge >= 0.3 is 0 Å². The summed E-state index contributed by atoms with van der Waals surface area (Å²) in [5.74, 6) is 0.690. The number of carbonyl (C=O) groups excluding carboxylic acids is 1. The number of likely N-dealkylation sites (tertiary alicyclic amines) is 1. The second-order valence-corrected chi connectivity index (χ2v) is 6.24. The molecule has 19 heavy (non-hydrogen) atoms. The molecule has 2 aliphatic rings. The number of hydrogen-bond acceptors (Lipinski definition) is 3. The number of rotatable bonds is 2. The van der Waals surface area contributed by atoms with Crippen molar-refractivity contribution in [2.75, 3.05) is 13.1 Å². The molecule has 0 aromatic rings. The molecule has 2 fully saturated rings. The van der Waals surface area contributed by atoms with Crippen LogP contribution in [0.15, 0.2) is 0 Å². The molecule has 2 aliphatic heterocycles. The van der Waals surface area contributed by atoms with Gasteiger partial charge in [0.2, 0.25) is 5.91 Å². The molecular formula is C15H27NO3. The van der Waals surface area contributed by atoms with Gasteiger partial charge in [-0.25, -0.2) is 0 Å². The van der Waals surface area contributed by atoms with Crippen molar-refractivity contribution >= 4 is 5.91 Å². The molecule has 6 atom stereocenters. The smallest absolute Gasteiger partial charge is 0.228 e. The minimum absolute atomic E-state index is 0.00410. The van der Waals surface area contributed by atoms with E-state index < -0.39 is 0 Å². The molecule has 0 aromatic heterocycles. The van der Waals surface area contributed by atoms with Crippen molar-refractivity contribution in [2.24, 2.45) is 17.8 Å². The van der Waals surface area contributed by atoms with Gasteiger partial charge in [-0.05, 0) is 32.6 Å². The van der Waals surface area contributed by atoms with Gasteiger partial charge in [0.1, 0.15) is 0 Å². The summed E-state index contributed by atoms with van der Waals surface area (Å²) in [6.45, 7) is 9.60. The lowest BCUT2D eigenvalue weighted by Gasteiger charge is -2.38. The molecule has 0 radical (unpaired) electrons. The fraction of sp³-hybridized carbons (Fsp3) is 0.933. The Hall–Kier alpha value is -0.610. The van der Waals surface area contributed by atoms with Crippen molar-refractivity contribution in [1.82, 2.24) is 4.90 Å². The summed E-state index contributed by atoms with van der Waals surface area (Å²) in [6, 6.07) is 0. The second-order valence-electron chi connectivity index (χ2n) is 6.24. The molecule has 0 spiro atoms. The van der Waals surface area contributed by atoms with Crippen molar-refractivity contribution in [1.29, 1.82) is 0 Å². The molecule has 4 nitrogen and oxygen atoms in total. The monoisotopic (exact) mass is 269 g/mol. The molecular weight excluding hydrogens is 242 g/mol. The number of ether oxygens (including phenoxy) is 1. The van der Waals surface area contributed by atoms with Crippen LogP contribution in [0.4, 0.5) is 0 Å². The molecule has 1 amide bonds. The predicted molar refractivity (Wildman–Crippen MR) is 73.6 cm³/mol. The van der Waals surface area contributed by atoms with Crippen LogP contribution in [-0.4, -0.2) is 47.3 Å². The molecule has 0 aliphatic carbocycles. The Labute approximate surface area is 116 Å². The van der Waals surface area contributed by atoms with Gasteiger partial charge in [0.15, 0.2) is 0 Å². The maximum Gasteiger partial charge on any atom is 0.228 e. The van der Waals surface area contributed by atoms with E-state index >= 15 is 0 Å². The van der Waals surface area contributed by atoms with Crippen LogP contribution >= 0.6 is 0 Å². The van der Waals surface area contributed by atoms with Gasteiger partial charge in [0.25, 0.3) is 0 Å². The first kappa shape index (κ1) is 14.8. The quantitative estimate of drug-likeness (QED) is 0.829. The minimum atomic E-state index is -0.248. The number of aliphatic hydroxyl groups is 1. The molecule has 0 aromatic carbocycles. The van der Waals surface area contributed by atoms with Gasteiger partial charge in [-0.1, -0.05) is 13.8 Å². The Morgan fingerprint density at radius 3 is 2.53 bits per heavy atom. The lowest BCUT2D eigenvalue weighted by molar-refractivity contribution is -0.141. The third-order valence-electron chi connectivity index (χ3n) is 5.06. The van der Waals surface area contributed by atoms with E-state index in [1.807, 2.05) is 18.7 Å². The van der Waals surface area contributed by atoms with Gasteiger partial charge in [0.05, 0.1) is 24.2 Å². The van der Waals surface area contributed by atoms with E-state index in [9.17, 15) is 9.90 Å². The maximum absolute atomic E-state index is 12.7. The zero-order valence-corrected chi connectivity index (χ0v) is 12.5. The highest BCUT2D eigenvalue weighted by molar-refractivity contribution is 5.80. The summed E-state index contributed by atoms with van der Waals surface area (Å²) < 4.78 is 5.78. The van der Waals surface area contributed by atoms with E-state index in [0.717, 1.165) is 6.42 Å². The Kier molecular flexibility index (Phi) is 4.51. The highest BCUT2D eigenvalue weighted by atomic mass is 16.5. The first-order chi connectivity index (χ1) is 8.95. The van der Waals surface area contributed by atoms with Crippen LogP contribution in [0.3, 0.4) is 0 Å². The van der Waals surface area contributed by atoms with E-state index in [4.69, 9.17) is 4.74 Å². The normalized spacial score (nSPS) is 43.5. The Morgan fingerprint density at radius 2 is 2.00 bits per heavy atom. The standard InChI is InChI=1S/C15H27NO3/c1-5-12-8-16(7-6-13(12)17)15(18)14-9(2)10(3)19-11(14)4/h9-14,17H,5-8H2,1-4H3. The Balaban J connectivity index is 2.04. The topological polar surface area (TPSA) is 49.8 Å². The average Bonchev–Trinajstić information content (AvgIpc) is 2.63. The molecule has 0 bridgehead atoms. The van der Waals surface area contributed by atoms with Crippen LogP contribution in [0.2, 0.25) is 0 Å². The zero-order valence-electron chi connectivity index (χ0n) is 12.5. The average molecular weight is 269 g/mol. The lowest BCUT2D eigenvalue weighted by Crippen LogP contribution is -2.49. The van der Waals surface area contributed by atoms with E-state index in [0.29, 0.717) is 19.5 Å². The molecule has 2 rings (SSSR count). The summed E-state index contributed by atoms with van der Waals surface area (Å²) in [4.78, 5) is 14.6. The first-order valence-corrected chi connectivity index (χ1v) is 7.58. The molecule has 4 heteroatoms. The van der Waals surface area contributed by atoms with Crippen molar-refractivity contribution in [3.8, 4) is 0 Å².